The Morgan fingerprint density at radius 1 is 0.575 bits per heavy atom. The zero-order chi connectivity index (χ0) is 29.7. The standard InChI is InChI=1S/C34H67N3O3/c1-3-4-5-6-7-8-9-11-15-24-33(39)29-31(22-17-19-26-36)34(40)37-27-20-13-10-12-14-23-32(38)28-30(2)21-16-18-25-35/h30-31H,3-29,35-36H2,1-2H3,(H,37,40). The van der Waals surface area contributed by atoms with Crippen LogP contribution in [0.25, 0.3) is 0 Å². The number of ketones is 2. The summed E-state index contributed by atoms with van der Waals surface area (Å²) >= 11 is 0. The Kier molecular flexibility index (Phi) is 28.3. The average Bonchev–Trinajstić information content (AvgIpc) is 2.93. The van der Waals surface area contributed by atoms with Crippen LogP contribution in [0, 0.1) is 11.8 Å². The summed E-state index contributed by atoms with van der Waals surface area (Å²) < 4.78 is 0. The van der Waals surface area contributed by atoms with Crippen LogP contribution in [-0.4, -0.2) is 37.1 Å². The Hall–Kier alpha value is -1.27. The van der Waals surface area contributed by atoms with Gasteiger partial charge in [0.15, 0.2) is 0 Å². The van der Waals surface area contributed by atoms with Gasteiger partial charge in [0.25, 0.3) is 0 Å². The highest BCUT2D eigenvalue weighted by Gasteiger charge is 2.21. The topological polar surface area (TPSA) is 115 Å². The van der Waals surface area contributed by atoms with E-state index in [1.165, 1.54) is 44.9 Å². The number of nitrogens with one attached hydrogen (secondary N) is 1. The van der Waals surface area contributed by atoms with Crippen molar-refractivity contribution in [2.75, 3.05) is 19.6 Å². The summed E-state index contributed by atoms with van der Waals surface area (Å²) in [5.74, 6) is 0.896. The molecule has 0 aromatic rings. The molecule has 0 rings (SSSR count). The molecule has 0 aliphatic rings. The van der Waals surface area contributed by atoms with Gasteiger partial charge in [0.1, 0.15) is 11.6 Å². The van der Waals surface area contributed by atoms with Crippen LogP contribution in [-0.2, 0) is 14.4 Å². The Morgan fingerprint density at radius 3 is 1.60 bits per heavy atom. The molecule has 0 aromatic heterocycles. The van der Waals surface area contributed by atoms with Gasteiger partial charge in [0, 0.05) is 38.1 Å². The Labute approximate surface area is 247 Å². The van der Waals surface area contributed by atoms with Crippen molar-refractivity contribution in [1.82, 2.24) is 5.32 Å². The van der Waals surface area contributed by atoms with Gasteiger partial charge in [-0.25, -0.2) is 0 Å². The molecule has 0 bridgehead atoms. The van der Waals surface area contributed by atoms with Gasteiger partial charge in [-0.05, 0) is 57.5 Å². The monoisotopic (exact) mass is 566 g/mol. The Balaban J connectivity index is 4.02. The van der Waals surface area contributed by atoms with E-state index in [0.29, 0.717) is 50.5 Å². The van der Waals surface area contributed by atoms with E-state index in [4.69, 9.17) is 11.5 Å². The van der Waals surface area contributed by atoms with Crippen molar-refractivity contribution in [2.45, 2.75) is 168 Å². The smallest absolute Gasteiger partial charge is 0.223 e. The molecule has 0 saturated carbocycles. The second-order valence-corrected chi connectivity index (χ2v) is 12.2. The number of nitrogens with two attached hydrogens (primary N) is 2. The van der Waals surface area contributed by atoms with Gasteiger partial charge in [-0.3, -0.25) is 14.4 Å². The first-order valence-electron chi connectivity index (χ1n) is 17.2. The van der Waals surface area contributed by atoms with Crippen molar-refractivity contribution in [3.63, 3.8) is 0 Å². The van der Waals surface area contributed by atoms with E-state index in [1.807, 2.05) is 0 Å². The second-order valence-electron chi connectivity index (χ2n) is 12.2. The predicted molar refractivity (Wildman–Crippen MR) is 170 cm³/mol. The van der Waals surface area contributed by atoms with Crippen LogP contribution in [0.3, 0.4) is 0 Å². The molecule has 0 saturated heterocycles. The Bertz CT molecular complexity index is 611. The molecule has 5 N–H and O–H groups in total. The molecule has 40 heavy (non-hydrogen) atoms. The number of rotatable bonds is 31. The molecule has 236 valence electrons. The lowest BCUT2D eigenvalue weighted by Gasteiger charge is -2.16. The molecular weight excluding hydrogens is 498 g/mol. The van der Waals surface area contributed by atoms with Crippen LogP contribution in [0.2, 0.25) is 0 Å². The van der Waals surface area contributed by atoms with Crippen LogP contribution in [0.5, 0.6) is 0 Å². The largest absolute Gasteiger partial charge is 0.356 e. The maximum Gasteiger partial charge on any atom is 0.223 e. The summed E-state index contributed by atoms with van der Waals surface area (Å²) in [6, 6.07) is 0. The zero-order valence-corrected chi connectivity index (χ0v) is 26.6. The third-order valence-corrected chi connectivity index (χ3v) is 8.07. The van der Waals surface area contributed by atoms with Gasteiger partial charge in [0.05, 0.1) is 0 Å². The van der Waals surface area contributed by atoms with Crippen LogP contribution < -0.4 is 16.8 Å². The van der Waals surface area contributed by atoms with Crippen LogP contribution in [0.1, 0.15) is 168 Å². The van der Waals surface area contributed by atoms with Gasteiger partial charge in [-0.2, -0.15) is 0 Å². The summed E-state index contributed by atoms with van der Waals surface area (Å²) in [6.45, 7) is 6.43. The molecule has 0 radical (unpaired) electrons. The normalized spacial score (nSPS) is 12.8. The number of hydrogen-bond donors (Lipinski definition) is 3. The first kappa shape index (κ1) is 38.7. The molecule has 2 atom stereocenters. The van der Waals surface area contributed by atoms with Crippen molar-refractivity contribution in [2.24, 2.45) is 23.3 Å². The SMILES string of the molecule is CCCCCCCCCCCC(=O)CC(CCCCN)C(=O)NCCCCCCCC(=O)CC(C)CCCCN. The summed E-state index contributed by atoms with van der Waals surface area (Å²) in [5, 5.41) is 3.09. The quantitative estimate of drug-likeness (QED) is 0.0742. The van der Waals surface area contributed by atoms with Gasteiger partial charge in [-0.15, -0.1) is 0 Å². The maximum absolute atomic E-state index is 12.8. The molecule has 0 aliphatic carbocycles. The molecule has 6 nitrogen and oxygen atoms in total. The third kappa shape index (κ3) is 25.7. The van der Waals surface area contributed by atoms with Crippen molar-refractivity contribution in [3.8, 4) is 0 Å². The Morgan fingerprint density at radius 2 is 1.05 bits per heavy atom. The first-order valence-corrected chi connectivity index (χ1v) is 17.2. The van der Waals surface area contributed by atoms with E-state index < -0.39 is 0 Å². The van der Waals surface area contributed by atoms with Crippen LogP contribution in [0.4, 0.5) is 0 Å². The number of carbonyl (C=O) groups is 3. The van der Waals surface area contributed by atoms with Gasteiger partial charge in [-0.1, -0.05) is 104 Å². The molecule has 0 spiro atoms. The molecular formula is C34H67N3O3. The lowest BCUT2D eigenvalue weighted by atomic mass is 9.93. The van der Waals surface area contributed by atoms with E-state index in [0.717, 1.165) is 90.0 Å². The van der Waals surface area contributed by atoms with E-state index in [2.05, 4.69) is 19.2 Å². The van der Waals surface area contributed by atoms with Crippen LogP contribution in [0.15, 0.2) is 0 Å². The lowest BCUT2D eigenvalue weighted by molar-refractivity contribution is -0.129. The number of unbranched alkanes of at least 4 members (excludes halogenated alkanes) is 14. The van der Waals surface area contributed by atoms with Gasteiger partial charge < -0.3 is 16.8 Å². The van der Waals surface area contributed by atoms with Gasteiger partial charge >= 0.3 is 0 Å². The minimum Gasteiger partial charge on any atom is -0.356 e. The summed E-state index contributed by atoms with van der Waals surface area (Å²) in [5.41, 5.74) is 11.2. The van der Waals surface area contributed by atoms with E-state index in [1.54, 1.807) is 0 Å². The molecule has 0 aliphatic heterocycles. The fourth-order valence-corrected chi connectivity index (χ4v) is 5.43. The lowest BCUT2D eigenvalue weighted by Crippen LogP contribution is -2.33. The van der Waals surface area contributed by atoms with E-state index in [9.17, 15) is 14.4 Å². The fourth-order valence-electron chi connectivity index (χ4n) is 5.43. The highest BCUT2D eigenvalue weighted by molar-refractivity contribution is 5.86. The summed E-state index contributed by atoms with van der Waals surface area (Å²) in [4.78, 5) is 37.6. The molecule has 1 amide bonds. The number of amides is 1. The van der Waals surface area contributed by atoms with Crippen molar-refractivity contribution in [3.05, 3.63) is 0 Å². The van der Waals surface area contributed by atoms with Crippen LogP contribution >= 0.6 is 0 Å². The zero-order valence-electron chi connectivity index (χ0n) is 26.6. The highest BCUT2D eigenvalue weighted by atomic mass is 16.2. The fraction of sp³-hybridized carbons (Fsp3) is 0.912. The molecule has 0 aromatic carbocycles. The molecule has 0 heterocycles. The van der Waals surface area contributed by atoms with Gasteiger partial charge in [0.2, 0.25) is 5.91 Å². The molecule has 6 heteroatoms. The second kappa shape index (κ2) is 29.2. The molecule has 0 fully saturated rings. The summed E-state index contributed by atoms with van der Waals surface area (Å²) in [6.07, 6.45) is 24.4. The van der Waals surface area contributed by atoms with E-state index in [-0.39, 0.29) is 17.6 Å². The summed E-state index contributed by atoms with van der Waals surface area (Å²) in [7, 11) is 0. The first-order chi connectivity index (χ1) is 19.4. The molecule has 2 unspecified atom stereocenters. The maximum atomic E-state index is 12.8. The number of carbonyl (C=O) groups excluding carboxylic acids is 3. The number of hydrogen-bond acceptors (Lipinski definition) is 5. The van der Waals surface area contributed by atoms with Crippen molar-refractivity contribution >= 4 is 17.5 Å². The van der Waals surface area contributed by atoms with E-state index >= 15 is 0 Å². The minimum atomic E-state index is -0.221. The minimum absolute atomic E-state index is 0.0311. The predicted octanol–water partition coefficient (Wildman–Crippen LogP) is 7.79. The highest BCUT2D eigenvalue weighted by Crippen LogP contribution is 2.18. The van der Waals surface area contributed by atoms with Crippen molar-refractivity contribution in [1.29, 1.82) is 0 Å². The number of Topliss-reactive ketones (excluding diaryl/α,β-unsaturated/α-hetero) is 2. The van der Waals surface area contributed by atoms with Crippen molar-refractivity contribution < 1.29 is 14.4 Å². The average molecular weight is 566 g/mol. The third-order valence-electron chi connectivity index (χ3n) is 8.07.